The molecule has 1 fully saturated rings. The molecule has 7 nitrogen and oxygen atoms in total. The van der Waals surface area contributed by atoms with Gasteiger partial charge < -0.3 is 15.2 Å². The van der Waals surface area contributed by atoms with Gasteiger partial charge in [0.05, 0.1) is 12.2 Å². The Kier molecular flexibility index (Phi) is 7.45. The number of rotatable bonds is 9. The standard InChI is InChI=1S/C23H29N5O2S/c1-28(15-17-5-3-2-4-6-17)16-21-13-20(27-30-21)11-19-14-24-8-7-18(19)12-22(29)26-23-25-9-10-31-23/h2-6,9-10,13,18-19,24H,7-8,11-12,14-16H2,1H3,(H,25,26,29)/t18-,19+/m0/s1. The summed E-state index contributed by atoms with van der Waals surface area (Å²) in [7, 11) is 2.08. The Balaban J connectivity index is 1.30. The van der Waals surface area contributed by atoms with E-state index in [0.717, 1.165) is 43.9 Å². The van der Waals surface area contributed by atoms with E-state index in [4.69, 9.17) is 4.52 Å². The molecule has 1 aliphatic rings. The smallest absolute Gasteiger partial charge is 0.226 e. The first-order valence-corrected chi connectivity index (χ1v) is 11.6. The van der Waals surface area contributed by atoms with Gasteiger partial charge in [-0.1, -0.05) is 35.5 Å². The summed E-state index contributed by atoms with van der Waals surface area (Å²) in [5.41, 5.74) is 2.24. The SMILES string of the molecule is CN(Cc1ccccc1)Cc1cc(C[C@@H]2CNCC[C@H]2CC(=O)Nc2nccs2)no1. The molecular weight excluding hydrogens is 410 g/mol. The Labute approximate surface area is 186 Å². The predicted octanol–water partition coefficient (Wildman–Crippen LogP) is 3.56. The number of nitrogens with one attached hydrogen (secondary N) is 2. The number of hydrogen-bond acceptors (Lipinski definition) is 7. The maximum Gasteiger partial charge on any atom is 0.226 e. The highest BCUT2D eigenvalue weighted by atomic mass is 32.1. The van der Waals surface area contributed by atoms with E-state index >= 15 is 0 Å². The van der Waals surface area contributed by atoms with Crippen LogP contribution in [0.25, 0.3) is 0 Å². The highest BCUT2D eigenvalue weighted by molar-refractivity contribution is 7.13. The third-order valence-corrected chi connectivity index (χ3v) is 6.38. The Morgan fingerprint density at radius 3 is 2.97 bits per heavy atom. The minimum atomic E-state index is 0.0372. The second-order valence-corrected chi connectivity index (χ2v) is 9.14. The highest BCUT2D eigenvalue weighted by Gasteiger charge is 2.28. The van der Waals surface area contributed by atoms with E-state index in [0.29, 0.717) is 29.9 Å². The van der Waals surface area contributed by atoms with Gasteiger partial charge in [0.25, 0.3) is 0 Å². The maximum absolute atomic E-state index is 12.4. The van der Waals surface area contributed by atoms with Gasteiger partial charge in [0.15, 0.2) is 10.9 Å². The molecule has 2 N–H and O–H groups in total. The van der Waals surface area contributed by atoms with Crippen molar-refractivity contribution in [1.82, 2.24) is 20.4 Å². The van der Waals surface area contributed by atoms with Gasteiger partial charge in [0.2, 0.25) is 5.91 Å². The van der Waals surface area contributed by atoms with E-state index in [2.05, 4.69) is 63.1 Å². The van der Waals surface area contributed by atoms with Crippen LogP contribution < -0.4 is 10.6 Å². The highest BCUT2D eigenvalue weighted by Crippen LogP contribution is 2.27. The van der Waals surface area contributed by atoms with Gasteiger partial charge in [0.1, 0.15) is 0 Å². The summed E-state index contributed by atoms with van der Waals surface area (Å²) >= 11 is 1.44. The van der Waals surface area contributed by atoms with Crippen molar-refractivity contribution in [3.63, 3.8) is 0 Å². The third-order valence-electron chi connectivity index (χ3n) is 5.69. The average molecular weight is 440 g/mol. The molecule has 8 heteroatoms. The van der Waals surface area contributed by atoms with Crippen LogP contribution in [0, 0.1) is 11.8 Å². The number of thiazole rings is 1. The fourth-order valence-corrected chi connectivity index (χ4v) is 4.74. The first kappa shape index (κ1) is 21.7. The van der Waals surface area contributed by atoms with Crippen LogP contribution in [0.5, 0.6) is 0 Å². The van der Waals surface area contributed by atoms with E-state index in [-0.39, 0.29) is 5.91 Å². The second kappa shape index (κ2) is 10.7. The lowest BCUT2D eigenvalue weighted by Crippen LogP contribution is -2.39. The van der Waals surface area contributed by atoms with Gasteiger partial charge in [-0.25, -0.2) is 4.98 Å². The molecule has 2 aromatic heterocycles. The summed E-state index contributed by atoms with van der Waals surface area (Å²) in [5, 5.41) is 13.2. The predicted molar refractivity (Wildman–Crippen MR) is 122 cm³/mol. The number of amides is 1. The summed E-state index contributed by atoms with van der Waals surface area (Å²) in [5.74, 6) is 1.59. The molecule has 2 atom stereocenters. The zero-order valence-corrected chi connectivity index (χ0v) is 18.6. The average Bonchev–Trinajstić information content (AvgIpc) is 3.42. The Hall–Kier alpha value is -2.55. The lowest BCUT2D eigenvalue weighted by molar-refractivity contribution is -0.117. The molecule has 0 radical (unpaired) electrons. The fourth-order valence-electron chi connectivity index (χ4n) is 4.19. The maximum atomic E-state index is 12.4. The van der Waals surface area contributed by atoms with Crippen LogP contribution >= 0.6 is 11.3 Å². The van der Waals surface area contributed by atoms with Gasteiger partial charge in [0, 0.05) is 30.6 Å². The number of anilines is 1. The number of carbonyl (C=O) groups excluding carboxylic acids is 1. The summed E-state index contributed by atoms with van der Waals surface area (Å²) < 4.78 is 5.60. The van der Waals surface area contributed by atoms with Gasteiger partial charge in [-0.05, 0) is 50.4 Å². The molecule has 4 rings (SSSR count). The molecule has 1 saturated heterocycles. The van der Waals surface area contributed by atoms with Crippen molar-refractivity contribution in [3.05, 3.63) is 65.0 Å². The fraction of sp³-hybridized carbons (Fsp3) is 0.435. The topological polar surface area (TPSA) is 83.3 Å². The molecule has 164 valence electrons. The van der Waals surface area contributed by atoms with Crippen LogP contribution in [0.4, 0.5) is 5.13 Å². The van der Waals surface area contributed by atoms with Gasteiger partial charge in [-0.3, -0.25) is 9.69 Å². The first-order chi connectivity index (χ1) is 15.2. The van der Waals surface area contributed by atoms with Crippen molar-refractivity contribution in [3.8, 4) is 0 Å². The van der Waals surface area contributed by atoms with E-state index < -0.39 is 0 Å². The van der Waals surface area contributed by atoms with Crippen molar-refractivity contribution in [2.24, 2.45) is 11.8 Å². The second-order valence-electron chi connectivity index (χ2n) is 8.25. The Morgan fingerprint density at radius 1 is 1.29 bits per heavy atom. The number of aromatic nitrogens is 2. The van der Waals surface area contributed by atoms with Crippen LogP contribution in [0.1, 0.15) is 29.9 Å². The summed E-state index contributed by atoms with van der Waals surface area (Å²) in [4.78, 5) is 18.8. The monoisotopic (exact) mass is 439 g/mol. The number of nitrogens with zero attached hydrogens (tertiary/aromatic N) is 3. The van der Waals surface area contributed by atoms with Crippen molar-refractivity contribution < 1.29 is 9.32 Å². The normalized spacial score (nSPS) is 18.9. The van der Waals surface area contributed by atoms with E-state index in [1.165, 1.54) is 16.9 Å². The molecule has 0 bridgehead atoms. The molecule has 0 spiro atoms. The Bertz CT molecular complexity index is 944. The number of hydrogen-bond donors (Lipinski definition) is 2. The summed E-state index contributed by atoms with van der Waals surface area (Å²) in [6.45, 7) is 3.41. The summed E-state index contributed by atoms with van der Waals surface area (Å²) in [6, 6.07) is 12.5. The van der Waals surface area contributed by atoms with E-state index in [1.54, 1.807) is 6.20 Å². The van der Waals surface area contributed by atoms with Crippen LogP contribution in [-0.4, -0.2) is 41.1 Å². The van der Waals surface area contributed by atoms with Crippen LogP contribution in [0.2, 0.25) is 0 Å². The van der Waals surface area contributed by atoms with E-state index in [1.807, 2.05) is 11.4 Å². The lowest BCUT2D eigenvalue weighted by atomic mass is 9.81. The minimum absolute atomic E-state index is 0.0372. The quantitative estimate of drug-likeness (QED) is 0.530. The largest absolute Gasteiger partial charge is 0.360 e. The van der Waals surface area contributed by atoms with Crippen molar-refractivity contribution in [2.75, 3.05) is 25.5 Å². The molecule has 1 amide bonds. The lowest BCUT2D eigenvalue weighted by Gasteiger charge is -2.31. The molecule has 1 aliphatic heterocycles. The van der Waals surface area contributed by atoms with E-state index in [9.17, 15) is 4.79 Å². The molecule has 3 aromatic rings. The number of carbonyl (C=O) groups is 1. The number of benzene rings is 1. The molecule has 1 aromatic carbocycles. The molecular formula is C23H29N5O2S. The zero-order valence-electron chi connectivity index (χ0n) is 17.8. The minimum Gasteiger partial charge on any atom is -0.360 e. The molecule has 3 heterocycles. The third kappa shape index (κ3) is 6.46. The van der Waals surface area contributed by atoms with Crippen LogP contribution in [0.3, 0.4) is 0 Å². The van der Waals surface area contributed by atoms with Crippen molar-refractivity contribution in [1.29, 1.82) is 0 Å². The molecule has 0 saturated carbocycles. The molecule has 0 aliphatic carbocycles. The zero-order chi connectivity index (χ0) is 21.5. The van der Waals surface area contributed by atoms with Gasteiger partial charge >= 0.3 is 0 Å². The summed E-state index contributed by atoms with van der Waals surface area (Å²) in [6.07, 6.45) is 4.01. The first-order valence-electron chi connectivity index (χ1n) is 10.7. The van der Waals surface area contributed by atoms with Crippen LogP contribution in [-0.2, 0) is 24.3 Å². The Morgan fingerprint density at radius 2 is 2.16 bits per heavy atom. The van der Waals surface area contributed by atoms with Crippen molar-refractivity contribution in [2.45, 2.75) is 32.4 Å². The van der Waals surface area contributed by atoms with Crippen LogP contribution in [0.15, 0.2) is 52.5 Å². The molecule has 0 unspecified atom stereocenters. The number of piperidine rings is 1. The van der Waals surface area contributed by atoms with Gasteiger partial charge in [-0.2, -0.15) is 0 Å². The molecule has 31 heavy (non-hydrogen) atoms. The van der Waals surface area contributed by atoms with Crippen molar-refractivity contribution >= 4 is 22.4 Å². The van der Waals surface area contributed by atoms with Gasteiger partial charge in [-0.15, -0.1) is 11.3 Å².